The highest BCUT2D eigenvalue weighted by Crippen LogP contribution is 2.18. The highest BCUT2D eigenvalue weighted by atomic mass is 32.1. The standard InChI is InChI=1S/C24H24N2O2S/c1-16-8-6-10-19(14-16)23(27)26-22(15-20-11-7-13-29-20)24(28)25-18(3)21-12-5-4-9-17(21)2/h4-15,18H,1-3H3,(H,25,28)(H,26,27)/b22-15-. The van der Waals surface area contributed by atoms with Gasteiger partial charge in [-0.25, -0.2) is 0 Å². The van der Waals surface area contributed by atoms with Gasteiger partial charge in [-0.3, -0.25) is 9.59 Å². The first-order valence-corrected chi connectivity index (χ1v) is 10.3. The summed E-state index contributed by atoms with van der Waals surface area (Å²) in [5.41, 5.74) is 3.87. The lowest BCUT2D eigenvalue weighted by molar-refractivity contribution is -0.118. The fourth-order valence-electron chi connectivity index (χ4n) is 3.08. The molecule has 0 bridgehead atoms. The van der Waals surface area contributed by atoms with Crippen molar-refractivity contribution in [2.45, 2.75) is 26.8 Å². The Morgan fingerprint density at radius 1 is 1.00 bits per heavy atom. The zero-order valence-corrected chi connectivity index (χ0v) is 17.5. The van der Waals surface area contributed by atoms with Gasteiger partial charge in [-0.2, -0.15) is 0 Å². The molecule has 4 nitrogen and oxygen atoms in total. The third kappa shape index (κ3) is 5.42. The van der Waals surface area contributed by atoms with Crippen LogP contribution in [0.25, 0.3) is 6.08 Å². The summed E-state index contributed by atoms with van der Waals surface area (Å²) in [5, 5.41) is 7.72. The van der Waals surface area contributed by atoms with Crippen LogP contribution in [-0.2, 0) is 4.79 Å². The minimum atomic E-state index is -0.324. The monoisotopic (exact) mass is 404 g/mol. The number of aryl methyl sites for hydroxylation is 2. The van der Waals surface area contributed by atoms with Crippen molar-refractivity contribution in [2.24, 2.45) is 0 Å². The molecule has 0 saturated carbocycles. The molecule has 29 heavy (non-hydrogen) atoms. The predicted octanol–water partition coefficient (Wildman–Crippen LogP) is 5.01. The number of carbonyl (C=O) groups excluding carboxylic acids is 2. The van der Waals surface area contributed by atoms with E-state index in [9.17, 15) is 9.59 Å². The van der Waals surface area contributed by atoms with E-state index in [1.807, 2.05) is 74.7 Å². The summed E-state index contributed by atoms with van der Waals surface area (Å²) >= 11 is 1.50. The first-order chi connectivity index (χ1) is 13.9. The molecule has 0 aliphatic rings. The van der Waals surface area contributed by atoms with Crippen LogP contribution in [0.4, 0.5) is 0 Å². The molecule has 1 unspecified atom stereocenters. The van der Waals surface area contributed by atoms with E-state index in [4.69, 9.17) is 0 Å². The van der Waals surface area contributed by atoms with Crippen LogP contribution >= 0.6 is 11.3 Å². The van der Waals surface area contributed by atoms with Crippen molar-refractivity contribution in [1.29, 1.82) is 0 Å². The van der Waals surface area contributed by atoms with Gasteiger partial charge >= 0.3 is 0 Å². The lowest BCUT2D eigenvalue weighted by Gasteiger charge is -2.18. The Hall–Kier alpha value is -3.18. The summed E-state index contributed by atoms with van der Waals surface area (Å²) in [5.74, 6) is -0.634. The van der Waals surface area contributed by atoms with E-state index in [-0.39, 0.29) is 23.6 Å². The Morgan fingerprint density at radius 3 is 2.48 bits per heavy atom. The molecule has 0 fully saturated rings. The minimum absolute atomic E-state index is 0.189. The van der Waals surface area contributed by atoms with Crippen molar-refractivity contribution in [2.75, 3.05) is 0 Å². The largest absolute Gasteiger partial charge is 0.344 e. The summed E-state index contributed by atoms with van der Waals surface area (Å²) in [7, 11) is 0. The summed E-state index contributed by atoms with van der Waals surface area (Å²) in [4.78, 5) is 26.6. The van der Waals surface area contributed by atoms with E-state index >= 15 is 0 Å². The first kappa shape index (κ1) is 20.6. The van der Waals surface area contributed by atoms with Crippen LogP contribution in [0, 0.1) is 13.8 Å². The maximum atomic E-state index is 13.0. The van der Waals surface area contributed by atoms with Gasteiger partial charge in [0.1, 0.15) is 5.70 Å². The average molecular weight is 405 g/mol. The lowest BCUT2D eigenvalue weighted by atomic mass is 10.0. The molecule has 2 aromatic carbocycles. The molecule has 2 amide bonds. The van der Waals surface area contributed by atoms with Gasteiger partial charge in [0.05, 0.1) is 6.04 Å². The molecule has 1 atom stereocenters. The second-order valence-electron chi connectivity index (χ2n) is 6.95. The van der Waals surface area contributed by atoms with E-state index in [1.165, 1.54) is 11.3 Å². The van der Waals surface area contributed by atoms with Crippen molar-refractivity contribution in [3.63, 3.8) is 0 Å². The molecule has 0 saturated heterocycles. The van der Waals surface area contributed by atoms with Crippen molar-refractivity contribution >= 4 is 29.2 Å². The molecule has 2 N–H and O–H groups in total. The van der Waals surface area contributed by atoms with Gasteiger partial charge in [0.15, 0.2) is 0 Å². The normalized spacial score (nSPS) is 12.3. The van der Waals surface area contributed by atoms with E-state index < -0.39 is 0 Å². The minimum Gasteiger partial charge on any atom is -0.344 e. The maximum Gasteiger partial charge on any atom is 0.268 e. The van der Waals surface area contributed by atoms with Gasteiger partial charge in [0.25, 0.3) is 11.8 Å². The number of carbonyl (C=O) groups is 2. The molecule has 5 heteroatoms. The Balaban J connectivity index is 1.83. The van der Waals surface area contributed by atoms with Crippen molar-refractivity contribution in [1.82, 2.24) is 10.6 Å². The number of nitrogens with one attached hydrogen (secondary N) is 2. The number of amides is 2. The van der Waals surface area contributed by atoms with E-state index in [1.54, 1.807) is 18.2 Å². The molecule has 0 radical (unpaired) electrons. The second-order valence-corrected chi connectivity index (χ2v) is 7.93. The number of thiophene rings is 1. The highest BCUT2D eigenvalue weighted by Gasteiger charge is 2.18. The molecule has 0 spiro atoms. The second kappa shape index (κ2) is 9.34. The number of rotatable bonds is 6. The van der Waals surface area contributed by atoms with Crippen LogP contribution in [0.2, 0.25) is 0 Å². The Morgan fingerprint density at radius 2 is 1.79 bits per heavy atom. The molecule has 3 aromatic rings. The molecular weight excluding hydrogens is 380 g/mol. The van der Waals surface area contributed by atoms with Gasteiger partial charge < -0.3 is 10.6 Å². The zero-order valence-electron chi connectivity index (χ0n) is 16.7. The van der Waals surface area contributed by atoms with Gasteiger partial charge in [0.2, 0.25) is 0 Å². The highest BCUT2D eigenvalue weighted by molar-refractivity contribution is 7.10. The summed E-state index contributed by atoms with van der Waals surface area (Å²) < 4.78 is 0. The van der Waals surface area contributed by atoms with E-state index in [2.05, 4.69) is 10.6 Å². The fraction of sp³-hybridized carbons (Fsp3) is 0.167. The average Bonchev–Trinajstić information content (AvgIpc) is 3.20. The Labute approximate surface area is 175 Å². The molecule has 1 aromatic heterocycles. The number of hydrogen-bond acceptors (Lipinski definition) is 3. The maximum absolute atomic E-state index is 13.0. The van der Waals surface area contributed by atoms with Crippen LogP contribution in [0.15, 0.2) is 71.7 Å². The first-order valence-electron chi connectivity index (χ1n) is 9.43. The molecular formula is C24H24N2O2S. The Bertz CT molecular complexity index is 1040. The number of benzene rings is 2. The smallest absolute Gasteiger partial charge is 0.268 e. The Kier molecular flexibility index (Phi) is 6.62. The van der Waals surface area contributed by atoms with E-state index in [0.717, 1.165) is 21.6 Å². The third-order valence-corrected chi connectivity index (χ3v) is 5.42. The fourth-order valence-corrected chi connectivity index (χ4v) is 3.74. The molecule has 0 aliphatic heterocycles. The predicted molar refractivity (Wildman–Crippen MR) is 119 cm³/mol. The van der Waals surface area contributed by atoms with Crippen molar-refractivity contribution in [3.8, 4) is 0 Å². The SMILES string of the molecule is Cc1cccc(C(=O)N/C(=C\c2cccs2)C(=O)NC(C)c2ccccc2C)c1. The zero-order chi connectivity index (χ0) is 20.8. The van der Waals surface area contributed by atoms with Crippen LogP contribution < -0.4 is 10.6 Å². The van der Waals surface area contributed by atoms with Crippen LogP contribution in [0.3, 0.4) is 0 Å². The molecule has 0 aliphatic carbocycles. The summed E-state index contributed by atoms with van der Waals surface area (Å²) in [6, 6.07) is 18.8. The quantitative estimate of drug-likeness (QED) is 0.567. The van der Waals surface area contributed by atoms with Crippen molar-refractivity contribution in [3.05, 3.63) is 98.9 Å². The molecule has 1 heterocycles. The van der Waals surface area contributed by atoms with Crippen LogP contribution in [-0.4, -0.2) is 11.8 Å². The van der Waals surface area contributed by atoms with Crippen molar-refractivity contribution < 1.29 is 9.59 Å². The topological polar surface area (TPSA) is 58.2 Å². The van der Waals surface area contributed by atoms with Crippen LogP contribution in [0.1, 0.15) is 44.9 Å². The summed E-state index contributed by atoms with van der Waals surface area (Å²) in [6.45, 7) is 5.88. The van der Waals surface area contributed by atoms with Gasteiger partial charge in [-0.15, -0.1) is 11.3 Å². The van der Waals surface area contributed by atoms with Crippen LogP contribution in [0.5, 0.6) is 0 Å². The van der Waals surface area contributed by atoms with E-state index in [0.29, 0.717) is 5.56 Å². The van der Waals surface area contributed by atoms with Gasteiger partial charge in [-0.1, -0.05) is 48.0 Å². The number of hydrogen-bond donors (Lipinski definition) is 2. The molecule has 3 rings (SSSR count). The summed E-state index contributed by atoms with van der Waals surface area (Å²) in [6.07, 6.45) is 1.71. The third-order valence-electron chi connectivity index (χ3n) is 4.61. The lowest BCUT2D eigenvalue weighted by Crippen LogP contribution is -2.36. The molecule has 148 valence electrons. The van der Waals surface area contributed by atoms with Gasteiger partial charge in [0, 0.05) is 10.4 Å². The van der Waals surface area contributed by atoms with Gasteiger partial charge in [-0.05, 0) is 61.6 Å².